The van der Waals surface area contributed by atoms with E-state index >= 15 is 0 Å². The van der Waals surface area contributed by atoms with Gasteiger partial charge >= 0.3 is 18.1 Å². The number of halogens is 3. The smallest absolute Gasteiger partial charge is 0.361 e. The number of pyridine rings is 1. The number of anilines is 2. The lowest BCUT2D eigenvalue weighted by molar-refractivity contribution is -0.754. The minimum Gasteiger partial charge on any atom is -0.361 e. The zero-order valence-corrected chi connectivity index (χ0v) is 17.5. The highest BCUT2D eigenvalue weighted by Crippen LogP contribution is 2.30. The van der Waals surface area contributed by atoms with Crippen molar-refractivity contribution >= 4 is 17.6 Å². The van der Waals surface area contributed by atoms with Crippen LogP contribution in [0, 0.1) is 13.8 Å². The van der Waals surface area contributed by atoms with Gasteiger partial charge < -0.3 is 9.84 Å². The summed E-state index contributed by atoms with van der Waals surface area (Å²) >= 11 is 0. The number of carbonyl (C=O) groups is 1. The van der Waals surface area contributed by atoms with Crippen LogP contribution in [0.4, 0.5) is 29.5 Å². The zero-order chi connectivity index (χ0) is 23.6. The van der Waals surface area contributed by atoms with Gasteiger partial charge in [0.2, 0.25) is 11.8 Å². The molecule has 4 aromatic rings. The van der Waals surface area contributed by atoms with Crippen LogP contribution in [0.15, 0.2) is 57.8 Å². The Balaban J connectivity index is 1.37. The molecule has 9 nitrogen and oxygen atoms in total. The Morgan fingerprint density at radius 3 is 2.61 bits per heavy atom. The minimum absolute atomic E-state index is 0.0137. The summed E-state index contributed by atoms with van der Waals surface area (Å²) in [7, 11) is 0. The van der Waals surface area contributed by atoms with E-state index in [0.717, 1.165) is 34.6 Å². The molecule has 0 unspecified atom stereocenters. The summed E-state index contributed by atoms with van der Waals surface area (Å²) in [5, 5.41) is 12.4. The number of alkyl halides is 3. The van der Waals surface area contributed by atoms with E-state index in [-0.39, 0.29) is 11.6 Å². The SMILES string of the molecule is Cc1noc(C)c1-c1ccc(C[n+]2cc(NC(=O)Nc3cccc(C(F)(F)F)c3)on2)cn1. The second-order valence-corrected chi connectivity index (χ2v) is 7.17. The fraction of sp³-hybridized carbons (Fsp3) is 0.190. The molecule has 170 valence electrons. The monoisotopic (exact) mass is 459 g/mol. The van der Waals surface area contributed by atoms with Crippen LogP contribution >= 0.6 is 0 Å². The van der Waals surface area contributed by atoms with Crippen LogP contribution < -0.4 is 15.3 Å². The summed E-state index contributed by atoms with van der Waals surface area (Å²) in [6.07, 6.45) is -1.39. The van der Waals surface area contributed by atoms with Gasteiger partial charge in [-0.05, 0) is 48.9 Å². The van der Waals surface area contributed by atoms with Crippen molar-refractivity contribution in [1.29, 1.82) is 0 Å². The van der Waals surface area contributed by atoms with Crippen molar-refractivity contribution in [2.75, 3.05) is 10.6 Å². The lowest BCUT2D eigenvalue weighted by Crippen LogP contribution is -2.35. The molecule has 33 heavy (non-hydrogen) atoms. The van der Waals surface area contributed by atoms with Crippen LogP contribution in [0.5, 0.6) is 0 Å². The second-order valence-electron chi connectivity index (χ2n) is 7.17. The Hall–Kier alpha value is -4.22. The zero-order valence-electron chi connectivity index (χ0n) is 17.5. The third kappa shape index (κ3) is 5.17. The highest BCUT2D eigenvalue weighted by Gasteiger charge is 2.30. The molecule has 0 bridgehead atoms. The Morgan fingerprint density at radius 1 is 1.12 bits per heavy atom. The summed E-state index contributed by atoms with van der Waals surface area (Å²) in [5.41, 5.74) is 2.26. The molecule has 0 radical (unpaired) electrons. The third-order valence-electron chi connectivity index (χ3n) is 4.65. The molecule has 12 heteroatoms. The molecule has 4 rings (SSSR count). The fourth-order valence-electron chi connectivity index (χ4n) is 3.16. The predicted octanol–water partition coefficient (Wildman–Crippen LogP) is 4.34. The van der Waals surface area contributed by atoms with Crippen LogP contribution in [0.1, 0.15) is 22.6 Å². The third-order valence-corrected chi connectivity index (χ3v) is 4.65. The number of rotatable bonds is 5. The van der Waals surface area contributed by atoms with Crippen molar-refractivity contribution in [1.82, 2.24) is 15.4 Å². The summed E-state index contributed by atoms with van der Waals surface area (Å²) in [6, 6.07) is 7.22. The van der Waals surface area contributed by atoms with Gasteiger partial charge in [-0.2, -0.15) is 13.2 Å². The van der Waals surface area contributed by atoms with Crippen molar-refractivity contribution in [3.63, 3.8) is 0 Å². The summed E-state index contributed by atoms with van der Waals surface area (Å²) < 4.78 is 50.0. The first-order valence-corrected chi connectivity index (χ1v) is 9.69. The average Bonchev–Trinajstić information content (AvgIpc) is 3.33. The van der Waals surface area contributed by atoms with Crippen molar-refractivity contribution in [2.24, 2.45) is 0 Å². The molecule has 0 saturated heterocycles. The molecule has 0 aliphatic carbocycles. The standard InChI is InChI=1S/C21H17F3N6O3/c1-12-19(13(2)32-28-12)17-7-6-14(9-25-17)10-30-11-18(33-29-30)27-20(31)26-16-5-3-4-15(8-16)21(22,23)24/h3-9,11H,10H2,1-2H3,(H-,26,27,29,31)/p+1. The molecule has 1 aromatic carbocycles. The predicted molar refractivity (Wildman–Crippen MR) is 109 cm³/mol. The van der Waals surface area contributed by atoms with Crippen LogP contribution in [-0.4, -0.2) is 21.4 Å². The van der Waals surface area contributed by atoms with Gasteiger partial charge in [0.1, 0.15) is 5.76 Å². The molecule has 2 amide bonds. The van der Waals surface area contributed by atoms with E-state index in [2.05, 4.69) is 26.0 Å². The largest absolute Gasteiger partial charge is 0.416 e. The van der Waals surface area contributed by atoms with E-state index in [1.54, 1.807) is 6.20 Å². The molecule has 3 heterocycles. The number of carbonyl (C=O) groups excluding carboxylic acids is 1. The van der Waals surface area contributed by atoms with E-state index in [1.165, 1.54) is 23.0 Å². The maximum absolute atomic E-state index is 12.8. The normalized spacial score (nSPS) is 11.4. The Labute approximate surface area is 185 Å². The van der Waals surface area contributed by atoms with Crippen molar-refractivity contribution in [3.8, 4) is 11.3 Å². The minimum atomic E-state index is -4.51. The quantitative estimate of drug-likeness (QED) is 0.430. The molecule has 0 fully saturated rings. The highest BCUT2D eigenvalue weighted by molar-refractivity contribution is 5.98. The number of amides is 2. The number of aromatic nitrogens is 4. The molecule has 0 aliphatic heterocycles. The fourth-order valence-corrected chi connectivity index (χ4v) is 3.16. The topological polar surface area (TPSA) is 110 Å². The first-order chi connectivity index (χ1) is 15.7. The molecule has 0 atom stereocenters. The van der Waals surface area contributed by atoms with Gasteiger partial charge in [0.15, 0.2) is 0 Å². The molecular formula is C21H18F3N6O3+. The van der Waals surface area contributed by atoms with E-state index in [4.69, 9.17) is 9.05 Å². The average molecular weight is 459 g/mol. The molecule has 0 saturated carbocycles. The number of aryl methyl sites for hydroxylation is 2. The van der Waals surface area contributed by atoms with Crippen molar-refractivity contribution in [3.05, 3.63) is 71.4 Å². The number of nitrogens with zero attached hydrogens (tertiary/aromatic N) is 4. The number of benzene rings is 1. The van der Waals surface area contributed by atoms with Crippen molar-refractivity contribution in [2.45, 2.75) is 26.6 Å². The maximum atomic E-state index is 12.8. The van der Waals surface area contributed by atoms with E-state index in [0.29, 0.717) is 12.3 Å². The van der Waals surface area contributed by atoms with Gasteiger partial charge in [0.25, 0.3) is 6.20 Å². The van der Waals surface area contributed by atoms with Gasteiger partial charge in [-0.25, -0.2) is 4.79 Å². The molecule has 0 spiro atoms. The molecule has 0 aliphatic rings. The lowest BCUT2D eigenvalue weighted by atomic mass is 10.1. The van der Waals surface area contributed by atoms with Crippen LogP contribution in [0.3, 0.4) is 0 Å². The van der Waals surface area contributed by atoms with Gasteiger partial charge in [-0.3, -0.25) is 14.8 Å². The molecule has 2 N–H and O–H groups in total. The van der Waals surface area contributed by atoms with E-state index in [1.807, 2.05) is 26.0 Å². The number of nitrogens with one attached hydrogen (secondary N) is 2. The lowest BCUT2D eigenvalue weighted by Gasteiger charge is -2.09. The van der Waals surface area contributed by atoms with Gasteiger partial charge in [0, 0.05) is 17.4 Å². The van der Waals surface area contributed by atoms with Gasteiger partial charge in [0.05, 0.1) is 22.5 Å². The summed E-state index contributed by atoms with van der Waals surface area (Å²) in [6.45, 7) is 3.97. The Bertz CT molecular complexity index is 1260. The Morgan fingerprint density at radius 2 is 1.94 bits per heavy atom. The summed E-state index contributed by atoms with van der Waals surface area (Å²) in [5.74, 6) is 0.692. The number of urea groups is 1. The highest BCUT2D eigenvalue weighted by atomic mass is 19.4. The van der Waals surface area contributed by atoms with Crippen LogP contribution in [0.25, 0.3) is 11.3 Å². The number of hydrogen-bond acceptors (Lipinski definition) is 6. The van der Waals surface area contributed by atoms with Gasteiger partial charge in [-0.1, -0.05) is 11.2 Å². The Kier molecular flexibility index (Phi) is 5.82. The molecule has 3 aromatic heterocycles. The second kappa shape index (κ2) is 8.73. The van der Waals surface area contributed by atoms with Crippen LogP contribution in [-0.2, 0) is 12.7 Å². The van der Waals surface area contributed by atoms with Crippen LogP contribution in [0.2, 0.25) is 0 Å². The number of hydrogen-bond donors (Lipinski definition) is 2. The maximum Gasteiger partial charge on any atom is 0.416 e. The van der Waals surface area contributed by atoms with E-state index < -0.39 is 17.8 Å². The van der Waals surface area contributed by atoms with Crippen molar-refractivity contribution < 1.29 is 31.7 Å². The summed E-state index contributed by atoms with van der Waals surface area (Å²) in [4.78, 5) is 16.5. The first-order valence-electron chi connectivity index (χ1n) is 9.69. The molecular weight excluding hydrogens is 441 g/mol. The van der Waals surface area contributed by atoms with E-state index in [9.17, 15) is 18.0 Å². The van der Waals surface area contributed by atoms with Gasteiger partial charge in [-0.15, -0.1) is 0 Å². The first kappa shape index (κ1) is 22.0.